The first-order valence-corrected chi connectivity index (χ1v) is 10.6. The molecule has 5 nitrogen and oxygen atoms in total. The second kappa shape index (κ2) is 6.59. The Morgan fingerprint density at radius 1 is 1.23 bits per heavy atom. The van der Waals surface area contributed by atoms with Gasteiger partial charge in [-0.15, -0.1) is 11.3 Å². The van der Waals surface area contributed by atoms with Crippen LogP contribution >= 0.6 is 27.3 Å². The average Bonchev–Trinajstić information content (AvgIpc) is 3.18. The topological polar surface area (TPSA) is 66.5 Å². The van der Waals surface area contributed by atoms with Gasteiger partial charge in [0, 0.05) is 12.6 Å². The summed E-state index contributed by atoms with van der Waals surface area (Å²) in [5.41, 5.74) is 0. The van der Waals surface area contributed by atoms with Gasteiger partial charge in [0.2, 0.25) is 5.91 Å². The highest BCUT2D eigenvalue weighted by Crippen LogP contribution is 2.32. The third kappa shape index (κ3) is 3.25. The molecule has 122 valence electrons. The molecule has 1 saturated carbocycles. The van der Waals surface area contributed by atoms with E-state index >= 15 is 0 Å². The molecule has 1 saturated heterocycles. The molecule has 1 aromatic rings. The molecule has 1 aliphatic carbocycles. The van der Waals surface area contributed by atoms with Crippen molar-refractivity contribution in [3.63, 3.8) is 0 Å². The van der Waals surface area contributed by atoms with Crippen molar-refractivity contribution in [2.45, 2.75) is 54.8 Å². The second-order valence-electron chi connectivity index (χ2n) is 5.82. The molecule has 1 atom stereocenters. The number of sulfonamides is 1. The predicted molar refractivity (Wildman–Crippen MR) is 89.3 cm³/mol. The molecule has 0 radical (unpaired) electrons. The largest absolute Gasteiger partial charge is 0.352 e. The lowest BCUT2D eigenvalue weighted by atomic mass is 10.2. The van der Waals surface area contributed by atoms with Gasteiger partial charge in [-0.1, -0.05) is 12.8 Å². The van der Waals surface area contributed by atoms with Gasteiger partial charge in [0.15, 0.2) is 0 Å². The number of carbonyl (C=O) groups is 1. The Bertz CT molecular complexity index is 653. The van der Waals surface area contributed by atoms with Crippen molar-refractivity contribution in [3.8, 4) is 0 Å². The highest BCUT2D eigenvalue weighted by molar-refractivity contribution is 9.11. The van der Waals surface area contributed by atoms with E-state index in [2.05, 4.69) is 21.2 Å². The highest BCUT2D eigenvalue weighted by atomic mass is 79.9. The number of carbonyl (C=O) groups excluding carboxylic acids is 1. The van der Waals surface area contributed by atoms with Crippen molar-refractivity contribution in [1.29, 1.82) is 0 Å². The van der Waals surface area contributed by atoms with Gasteiger partial charge >= 0.3 is 0 Å². The molecular weight excluding hydrogens is 388 g/mol. The molecule has 1 unspecified atom stereocenters. The Kier molecular flexibility index (Phi) is 4.92. The Morgan fingerprint density at radius 3 is 2.59 bits per heavy atom. The van der Waals surface area contributed by atoms with Crippen LogP contribution in [0.25, 0.3) is 0 Å². The molecule has 1 aromatic heterocycles. The van der Waals surface area contributed by atoms with E-state index in [1.807, 2.05) is 0 Å². The third-order valence-electron chi connectivity index (χ3n) is 4.32. The molecule has 0 aromatic carbocycles. The molecule has 1 aliphatic heterocycles. The van der Waals surface area contributed by atoms with E-state index < -0.39 is 16.1 Å². The van der Waals surface area contributed by atoms with E-state index in [4.69, 9.17) is 0 Å². The molecule has 1 amide bonds. The summed E-state index contributed by atoms with van der Waals surface area (Å²) in [6, 6.07) is 2.97. The van der Waals surface area contributed by atoms with E-state index in [9.17, 15) is 13.2 Å². The van der Waals surface area contributed by atoms with Crippen LogP contribution in [-0.2, 0) is 14.8 Å². The first kappa shape index (κ1) is 16.4. The molecule has 8 heteroatoms. The van der Waals surface area contributed by atoms with E-state index in [0.29, 0.717) is 17.2 Å². The Balaban J connectivity index is 1.76. The highest BCUT2D eigenvalue weighted by Gasteiger charge is 2.40. The summed E-state index contributed by atoms with van der Waals surface area (Å²) in [5.74, 6) is -0.136. The number of thiophene rings is 1. The standard InChI is InChI=1S/C14H19BrN2O3S2/c15-12-7-8-13(21-12)22(19,20)17-9-3-6-11(17)14(18)16-10-4-1-2-5-10/h7-8,10-11H,1-6,9H2,(H,16,18). The average molecular weight is 407 g/mol. The zero-order valence-electron chi connectivity index (χ0n) is 12.1. The van der Waals surface area contributed by atoms with Gasteiger partial charge in [0.25, 0.3) is 10.0 Å². The third-order valence-corrected chi connectivity index (χ3v) is 8.32. The first-order valence-electron chi connectivity index (χ1n) is 7.56. The minimum Gasteiger partial charge on any atom is -0.352 e. The number of nitrogens with zero attached hydrogens (tertiary/aromatic N) is 1. The fraction of sp³-hybridized carbons (Fsp3) is 0.643. The van der Waals surface area contributed by atoms with Crippen LogP contribution in [0, 0.1) is 0 Å². The van der Waals surface area contributed by atoms with Crippen LogP contribution in [0.2, 0.25) is 0 Å². The van der Waals surface area contributed by atoms with Crippen molar-refractivity contribution >= 4 is 43.2 Å². The van der Waals surface area contributed by atoms with Crippen molar-refractivity contribution in [2.75, 3.05) is 6.54 Å². The van der Waals surface area contributed by atoms with Crippen molar-refractivity contribution in [3.05, 3.63) is 15.9 Å². The van der Waals surface area contributed by atoms with Gasteiger partial charge in [-0.05, 0) is 53.7 Å². The molecule has 0 spiro atoms. The van der Waals surface area contributed by atoms with Crippen molar-refractivity contribution in [2.24, 2.45) is 0 Å². The molecule has 3 rings (SSSR count). The zero-order chi connectivity index (χ0) is 15.7. The minimum atomic E-state index is -3.58. The minimum absolute atomic E-state index is 0.136. The normalized spacial score (nSPS) is 24.0. The number of halogens is 1. The summed E-state index contributed by atoms with van der Waals surface area (Å²) in [6.45, 7) is 0.417. The molecule has 2 heterocycles. The lowest BCUT2D eigenvalue weighted by molar-refractivity contribution is -0.124. The SMILES string of the molecule is O=C(NC1CCCC1)C1CCCN1S(=O)(=O)c1ccc(Br)s1. The summed E-state index contributed by atoms with van der Waals surface area (Å²) < 4.78 is 27.9. The van der Waals surface area contributed by atoms with E-state index in [1.54, 1.807) is 12.1 Å². The van der Waals surface area contributed by atoms with Crippen LogP contribution in [0.1, 0.15) is 38.5 Å². The lowest BCUT2D eigenvalue weighted by Crippen LogP contribution is -2.48. The first-order chi connectivity index (χ1) is 10.5. The smallest absolute Gasteiger partial charge is 0.253 e. The summed E-state index contributed by atoms with van der Waals surface area (Å²) in [6.07, 6.45) is 5.62. The van der Waals surface area contributed by atoms with Gasteiger partial charge in [-0.2, -0.15) is 4.31 Å². The van der Waals surface area contributed by atoms with Crippen LogP contribution in [0.4, 0.5) is 0 Å². The summed E-state index contributed by atoms with van der Waals surface area (Å²) >= 11 is 4.48. The fourth-order valence-electron chi connectivity index (χ4n) is 3.21. The molecule has 1 N–H and O–H groups in total. The molecular formula is C14H19BrN2O3S2. The zero-order valence-corrected chi connectivity index (χ0v) is 15.3. The summed E-state index contributed by atoms with van der Waals surface area (Å²) in [7, 11) is -3.58. The van der Waals surface area contributed by atoms with Crippen LogP contribution in [-0.4, -0.2) is 37.3 Å². The molecule has 22 heavy (non-hydrogen) atoms. The molecule has 0 bridgehead atoms. The van der Waals surface area contributed by atoms with E-state index in [0.717, 1.165) is 35.9 Å². The Labute approximate surface area is 143 Å². The van der Waals surface area contributed by atoms with Gasteiger partial charge in [-0.25, -0.2) is 8.42 Å². The molecule has 2 fully saturated rings. The van der Waals surface area contributed by atoms with Gasteiger partial charge in [-0.3, -0.25) is 4.79 Å². The van der Waals surface area contributed by atoms with Gasteiger partial charge < -0.3 is 5.32 Å². The number of rotatable bonds is 4. The lowest BCUT2D eigenvalue weighted by Gasteiger charge is -2.24. The van der Waals surface area contributed by atoms with E-state index in [1.165, 1.54) is 15.6 Å². The van der Waals surface area contributed by atoms with E-state index in [-0.39, 0.29) is 11.9 Å². The predicted octanol–water partition coefficient (Wildman–Crippen LogP) is 2.72. The second-order valence-corrected chi connectivity index (χ2v) is 10.4. The van der Waals surface area contributed by atoms with Crippen LogP contribution in [0.15, 0.2) is 20.1 Å². The molecule has 2 aliphatic rings. The number of hydrogen-bond donors (Lipinski definition) is 1. The Hall–Kier alpha value is -0.440. The van der Waals surface area contributed by atoms with Crippen LogP contribution in [0.5, 0.6) is 0 Å². The van der Waals surface area contributed by atoms with Gasteiger partial charge in [0.05, 0.1) is 3.79 Å². The summed E-state index contributed by atoms with van der Waals surface area (Å²) in [4.78, 5) is 12.5. The summed E-state index contributed by atoms with van der Waals surface area (Å²) in [5, 5.41) is 3.03. The number of nitrogens with one attached hydrogen (secondary N) is 1. The monoisotopic (exact) mass is 406 g/mol. The maximum atomic E-state index is 12.7. The van der Waals surface area contributed by atoms with Crippen molar-refractivity contribution < 1.29 is 13.2 Å². The maximum Gasteiger partial charge on any atom is 0.253 e. The van der Waals surface area contributed by atoms with Crippen LogP contribution < -0.4 is 5.32 Å². The van der Waals surface area contributed by atoms with Gasteiger partial charge in [0.1, 0.15) is 10.3 Å². The van der Waals surface area contributed by atoms with Crippen molar-refractivity contribution in [1.82, 2.24) is 9.62 Å². The van der Waals surface area contributed by atoms with Crippen LogP contribution in [0.3, 0.4) is 0 Å². The fourth-order valence-corrected chi connectivity index (χ4v) is 7.00. The number of hydrogen-bond acceptors (Lipinski definition) is 4. The Morgan fingerprint density at radius 2 is 1.95 bits per heavy atom. The quantitative estimate of drug-likeness (QED) is 0.835. The number of amides is 1. The maximum absolute atomic E-state index is 12.7.